The van der Waals surface area contributed by atoms with E-state index in [0.29, 0.717) is 41.3 Å². The fourth-order valence-corrected chi connectivity index (χ4v) is 3.94. The van der Waals surface area contributed by atoms with Crippen LogP contribution in [0, 0.1) is 0 Å². The Kier molecular flexibility index (Phi) is 7.60. The van der Waals surface area contributed by atoms with Gasteiger partial charge < -0.3 is 29.1 Å². The molecule has 8 heteroatoms. The summed E-state index contributed by atoms with van der Waals surface area (Å²) in [7, 11) is 8.47. The molecule has 0 aliphatic carbocycles. The van der Waals surface area contributed by atoms with Crippen LogP contribution in [0.5, 0.6) is 17.2 Å². The van der Waals surface area contributed by atoms with Crippen molar-refractivity contribution >= 4 is 17.4 Å². The first-order valence-electron chi connectivity index (χ1n) is 10.6. The first kappa shape index (κ1) is 24.1. The lowest BCUT2D eigenvalue weighted by Gasteiger charge is -2.26. The molecule has 1 atom stereocenters. The largest absolute Gasteiger partial charge is 0.507 e. The second-order valence-electron chi connectivity index (χ2n) is 7.99. The summed E-state index contributed by atoms with van der Waals surface area (Å²) in [4.78, 5) is 29.7. The van der Waals surface area contributed by atoms with E-state index < -0.39 is 17.7 Å². The quantitative estimate of drug-likeness (QED) is 0.354. The van der Waals surface area contributed by atoms with Crippen LogP contribution >= 0.6 is 0 Å². The number of Topliss-reactive ketones (excluding diaryl/α,β-unsaturated/α-hetero) is 1. The van der Waals surface area contributed by atoms with E-state index in [1.165, 1.54) is 19.1 Å². The van der Waals surface area contributed by atoms with Gasteiger partial charge in [-0.2, -0.15) is 0 Å². The molecule has 1 aliphatic rings. The first-order valence-corrected chi connectivity index (χ1v) is 10.6. The number of ether oxygens (including phenoxy) is 3. The topological polar surface area (TPSA) is 88.5 Å². The molecule has 3 rings (SSSR count). The molecule has 1 heterocycles. The molecular weight excluding hydrogens is 424 g/mol. The van der Waals surface area contributed by atoms with Crippen molar-refractivity contribution in [1.82, 2.24) is 9.80 Å². The summed E-state index contributed by atoms with van der Waals surface area (Å²) in [5, 5.41) is 11.2. The number of ketones is 1. The predicted octanol–water partition coefficient (Wildman–Crippen LogP) is 3.09. The van der Waals surface area contributed by atoms with Crippen molar-refractivity contribution in [3.8, 4) is 17.2 Å². The monoisotopic (exact) mass is 454 g/mol. The zero-order valence-electron chi connectivity index (χ0n) is 19.6. The summed E-state index contributed by atoms with van der Waals surface area (Å²) in [6.07, 6.45) is 0.684. The van der Waals surface area contributed by atoms with Crippen LogP contribution in [0.4, 0.5) is 0 Å². The Morgan fingerprint density at radius 3 is 2.21 bits per heavy atom. The molecule has 176 valence electrons. The number of rotatable bonds is 9. The third-order valence-corrected chi connectivity index (χ3v) is 5.63. The molecule has 0 spiro atoms. The summed E-state index contributed by atoms with van der Waals surface area (Å²) < 4.78 is 15.8. The van der Waals surface area contributed by atoms with E-state index in [1.54, 1.807) is 49.6 Å². The van der Waals surface area contributed by atoms with Crippen LogP contribution in [0.15, 0.2) is 48.0 Å². The standard InChI is InChI=1S/C25H30N2O6/c1-26(2)13-6-14-27-22(16-7-10-18(31-3)11-8-16)21(24(29)25(27)30)23(28)17-9-12-19(32-4)20(15-17)33-5/h7-12,15,22,28H,6,13-14H2,1-5H3/b23-21+/t22-/m0/s1. The Bertz CT molecular complexity index is 1050. The Morgan fingerprint density at radius 1 is 0.970 bits per heavy atom. The Labute approximate surface area is 194 Å². The number of hydrogen-bond donors (Lipinski definition) is 1. The minimum atomic E-state index is -0.717. The molecule has 0 saturated carbocycles. The van der Waals surface area contributed by atoms with Crippen LogP contribution in [0.2, 0.25) is 0 Å². The minimum absolute atomic E-state index is 0.0437. The maximum atomic E-state index is 13.1. The third-order valence-electron chi connectivity index (χ3n) is 5.63. The SMILES string of the molecule is COc1ccc([C@H]2/C(=C(\O)c3ccc(OC)c(OC)c3)C(=O)C(=O)N2CCCN(C)C)cc1. The van der Waals surface area contributed by atoms with Gasteiger partial charge in [-0.3, -0.25) is 9.59 Å². The maximum absolute atomic E-state index is 13.1. The molecule has 0 radical (unpaired) electrons. The van der Waals surface area contributed by atoms with Gasteiger partial charge in [-0.25, -0.2) is 0 Å². The van der Waals surface area contributed by atoms with Gasteiger partial charge in [-0.1, -0.05) is 12.1 Å². The number of aliphatic hydroxyl groups excluding tert-OH is 1. The summed E-state index contributed by atoms with van der Waals surface area (Å²) in [6.45, 7) is 1.14. The zero-order valence-corrected chi connectivity index (χ0v) is 19.6. The fraction of sp³-hybridized carbons (Fsp3) is 0.360. The molecule has 33 heavy (non-hydrogen) atoms. The molecule has 0 bridgehead atoms. The van der Waals surface area contributed by atoms with Gasteiger partial charge in [0.1, 0.15) is 11.5 Å². The number of carbonyl (C=O) groups is 2. The summed E-state index contributed by atoms with van der Waals surface area (Å²) in [6, 6.07) is 11.3. The Hall–Kier alpha value is -3.52. The van der Waals surface area contributed by atoms with Crippen LogP contribution in [0.3, 0.4) is 0 Å². The van der Waals surface area contributed by atoms with E-state index in [0.717, 1.165) is 6.54 Å². The fourth-order valence-electron chi connectivity index (χ4n) is 3.94. The van der Waals surface area contributed by atoms with Gasteiger partial charge in [-0.15, -0.1) is 0 Å². The smallest absolute Gasteiger partial charge is 0.295 e. The van der Waals surface area contributed by atoms with Crippen molar-refractivity contribution in [1.29, 1.82) is 0 Å². The second kappa shape index (κ2) is 10.4. The first-order chi connectivity index (χ1) is 15.8. The van der Waals surface area contributed by atoms with Crippen molar-refractivity contribution < 1.29 is 28.9 Å². The minimum Gasteiger partial charge on any atom is -0.507 e. The number of likely N-dealkylation sites (tertiary alicyclic amines) is 1. The van der Waals surface area contributed by atoms with Gasteiger partial charge >= 0.3 is 0 Å². The number of benzene rings is 2. The lowest BCUT2D eigenvalue weighted by atomic mass is 9.95. The maximum Gasteiger partial charge on any atom is 0.295 e. The molecule has 1 N–H and O–H groups in total. The Balaban J connectivity index is 2.11. The van der Waals surface area contributed by atoms with Gasteiger partial charge in [0.05, 0.1) is 32.9 Å². The summed E-state index contributed by atoms with van der Waals surface area (Å²) >= 11 is 0. The molecule has 2 aromatic rings. The van der Waals surface area contributed by atoms with E-state index in [1.807, 2.05) is 19.0 Å². The van der Waals surface area contributed by atoms with E-state index >= 15 is 0 Å². The number of amides is 1. The van der Waals surface area contributed by atoms with Gasteiger partial charge in [-0.05, 0) is 63.0 Å². The molecule has 0 aromatic heterocycles. The average molecular weight is 455 g/mol. The number of methoxy groups -OCH3 is 3. The third kappa shape index (κ3) is 4.96. The number of nitrogens with zero attached hydrogens (tertiary/aromatic N) is 2. The van der Waals surface area contributed by atoms with Crippen molar-refractivity contribution in [3.63, 3.8) is 0 Å². The van der Waals surface area contributed by atoms with E-state index in [-0.39, 0.29) is 11.3 Å². The van der Waals surface area contributed by atoms with Gasteiger partial charge in [0.2, 0.25) is 0 Å². The van der Waals surface area contributed by atoms with Crippen molar-refractivity contribution in [2.45, 2.75) is 12.5 Å². The number of carbonyl (C=O) groups excluding carboxylic acids is 2. The van der Waals surface area contributed by atoms with E-state index in [9.17, 15) is 14.7 Å². The molecule has 0 unspecified atom stereocenters. The van der Waals surface area contributed by atoms with Crippen LogP contribution < -0.4 is 14.2 Å². The second-order valence-corrected chi connectivity index (χ2v) is 7.99. The molecule has 1 amide bonds. The van der Waals surface area contributed by atoms with Crippen LogP contribution in [0.1, 0.15) is 23.6 Å². The van der Waals surface area contributed by atoms with Crippen molar-refractivity contribution in [3.05, 3.63) is 59.2 Å². The molecule has 1 saturated heterocycles. The van der Waals surface area contributed by atoms with Gasteiger partial charge in [0.25, 0.3) is 11.7 Å². The lowest BCUT2D eigenvalue weighted by molar-refractivity contribution is -0.139. The number of hydrogen-bond acceptors (Lipinski definition) is 7. The molecule has 8 nitrogen and oxygen atoms in total. The Morgan fingerprint density at radius 2 is 1.64 bits per heavy atom. The van der Waals surface area contributed by atoms with Gasteiger partial charge in [0.15, 0.2) is 11.5 Å². The molecule has 1 aliphatic heterocycles. The van der Waals surface area contributed by atoms with Crippen LogP contribution in [-0.4, -0.2) is 75.1 Å². The van der Waals surface area contributed by atoms with Crippen molar-refractivity contribution in [2.75, 3.05) is 48.5 Å². The summed E-state index contributed by atoms with van der Waals surface area (Å²) in [5.74, 6) is -0.0503. The zero-order chi connectivity index (χ0) is 24.1. The molecule has 2 aromatic carbocycles. The number of aliphatic hydroxyl groups is 1. The van der Waals surface area contributed by atoms with E-state index in [2.05, 4.69) is 0 Å². The highest BCUT2D eigenvalue weighted by Crippen LogP contribution is 2.41. The van der Waals surface area contributed by atoms with Gasteiger partial charge in [0, 0.05) is 12.1 Å². The summed E-state index contributed by atoms with van der Waals surface area (Å²) in [5.41, 5.74) is 1.11. The molecular formula is C25H30N2O6. The lowest BCUT2D eigenvalue weighted by Crippen LogP contribution is -2.32. The van der Waals surface area contributed by atoms with Crippen LogP contribution in [0.25, 0.3) is 5.76 Å². The van der Waals surface area contributed by atoms with E-state index in [4.69, 9.17) is 14.2 Å². The molecule has 1 fully saturated rings. The highest BCUT2D eigenvalue weighted by molar-refractivity contribution is 6.46. The highest BCUT2D eigenvalue weighted by Gasteiger charge is 2.45. The highest BCUT2D eigenvalue weighted by atomic mass is 16.5. The predicted molar refractivity (Wildman–Crippen MR) is 125 cm³/mol. The van der Waals surface area contributed by atoms with Crippen molar-refractivity contribution in [2.24, 2.45) is 0 Å². The normalized spacial score (nSPS) is 17.5. The van der Waals surface area contributed by atoms with Crippen LogP contribution in [-0.2, 0) is 9.59 Å². The average Bonchev–Trinajstić information content (AvgIpc) is 3.08.